The number of nitrogens with one attached hydrogen (secondary N) is 1. The van der Waals surface area contributed by atoms with Crippen LogP contribution in [0.4, 0.5) is 0 Å². The van der Waals surface area contributed by atoms with Gasteiger partial charge >= 0.3 is 0 Å². The van der Waals surface area contributed by atoms with Gasteiger partial charge in [-0.1, -0.05) is 97.1 Å². The molecule has 0 saturated heterocycles. The molecule has 0 spiro atoms. The zero-order valence-corrected chi connectivity index (χ0v) is 18.6. The molecule has 0 saturated carbocycles. The van der Waals surface area contributed by atoms with Crippen LogP contribution < -0.4 is 15.8 Å². The first kappa shape index (κ1) is 19.1. The molecule has 2 heterocycles. The molecule has 2 heteroatoms. The van der Waals surface area contributed by atoms with Crippen LogP contribution in [0.5, 0.6) is 0 Å². The van der Waals surface area contributed by atoms with Crippen molar-refractivity contribution in [3.05, 3.63) is 126 Å². The third-order valence-electron chi connectivity index (χ3n) is 6.96. The van der Waals surface area contributed by atoms with Gasteiger partial charge in [-0.05, 0) is 55.6 Å². The van der Waals surface area contributed by atoms with Gasteiger partial charge < -0.3 is 5.32 Å². The van der Waals surface area contributed by atoms with Gasteiger partial charge in [0.1, 0.15) is 0 Å². The smallest absolute Gasteiger partial charge is 0.0715 e. The van der Waals surface area contributed by atoms with Crippen LogP contribution >= 0.6 is 0 Å². The molecular formula is C32H22N2. The van der Waals surface area contributed by atoms with Gasteiger partial charge in [0.25, 0.3) is 0 Å². The highest BCUT2D eigenvalue weighted by molar-refractivity contribution is 6.10. The van der Waals surface area contributed by atoms with E-state index in [1.807, 2.05) is 12.3 Å². The lowest BCUT2D eigenvalue weighted by atomic mass is 9.84. The summed E-state index contributed by atoms with van der Waals surface area (Å²) in [5, 5.41) is 11.1. The van der Waals surface area contributed by atoms with Crippen molar-refractivity contribution >= 4 is 33.3 Å². The molecule has 1 aliphatic carbocycles. The number of nitrogens with zero attached hydrogens (tertiary/aromatic N) is 1. The van der Waals surface area contributed by atoms with E-state index in [1.165, 1.54) is 54.2 Å². The van der Waals surface area contributed by atoms with Crippen LogP contribution in [-0.4, -0.2) is 11.0 Å². The van der Waals surface area contributed by atoms with E-state index in [2.05, 4.69) is 115 Å². The summed E-state index contributed by atoms with van der Waals surface area (Å²) in [6.45, 7) is 0. The number of benzene rings is 4. The molecule has 1 aromatic heterocycles. The molecular weight excluding hydrogens is 412 g/mol. The van der Waals surface area contributed by atoms with Crippen molar-refractivity contribution in [1.82, 2.24) is 10.3 Å². The van der Waals surface area contributed by atoms with Crippen LogP contribution in [0.2, 0.25) is 0 Å². The van der Waals surface area contributed by atoms with E-state index in [9.17, 15) is 0 Å². The maximum absolute atomic E-state index is 4.77. The number of fused-ring (bicyclic) bond motifs is 4. The second-order valence-electron chi connectivity index (χ2n) is 8.81. The minimum Gasteiger partial charge on any atom is -0.380 e. The van der Waals surface area contributed by atoms with Crippen molar-refractivity contribution in [3.63, 3.8) is 0 Å². The molecule has 2 aliphatic rings. The lowest BCUT2D eigenvalue weighted by Crippen LogP contribution is -2.44. The number of pyridine rings is 1. The van der Waals surface area contributed by atoms with Gasteiger partial charge in [-0.15, -0.1) is 0 Å². The zero-order chi connectivity index (χ0) is 22.5. The van der Waals surface area contributed by atoms with E-state index in [4.69, 9.17) is 4.98 Å². The molecule has 1 N–H and O–H groups in total. The number of hydrogen-bond acceptors (Lipinski definition) is 2. The fourth-order valence-electron chi connectivity index (χ4n) is 5.51. The molecule has 2 nitrogen and oxygen atoms in total. The van der Waals surface area contributed by atoms with E-state index in [1.54, 1.807) is 0 Å². The number of rotatable bonds is 2. The molecule has 160 valence electrons. The zero-order valence-electron chi connectivity index (χ0n) is 18.6. The van der Waals surface area contributed by atoms with Gasteiger partial charge in [0.15, 0.2) is 0 Å². The maximum Gasteiger partial charge on any atom is 0.0715 e. The van der Waals surface area contributed by atoms with Crippen molar-refractivity contribution in [3.8, 4) is 22.4 Å². The predicted molar refractivity (Wildman–Crippen MR) is 142 cm³/mol. The first-order chi connectivity index (χ1) is 16.9. The Morgan fingerprint density at radius 3 is 2.29 bits per heavy atom. The van der Waals surface area contributed by atoms with Crippen molar-refractivity contribution in [1.29, 1.82) is 0 Å². The Balaban J connectivity index is 1.77. The molecule has 0 amide bonds. The predicted octanol–water partition coefficient (Wildman–Crippen LogP) is 5.71. The Bertz CT molecular complexity index is 1770. The Morgan fingerprint density at radius 1 is 0.676 bits per heavy atom. The standard InChI is InChI=1S/C32H22N2/c1-2-12-22-21(10-1)11-9-16-23(22)31-25-14-4-3-13-24(25)30(29-18-7-8-19-33-29)27-20-34-28-17-6-5-15-26(28)32(27)31/h1-20,28,34H. The van der Waals surface area contributed by atoms with Gasteiger partial charge in [0, 0.05) is 23.2 Å². The Kier molecular flexibility index (Phi) is 4.25. The Morgan fingerprint density at radius 2 is 1.44 bits per heavy atom. The van der Waals surface area contributed by atoms with Crippen LogP contribution in [0, 0.1) is 0 Å². The molecule has 0 bridgehead atoms. The average molecular weight is 435 g/mol. The third kappa shape index (κ3) is 2.79. The van der Waals surface area contributed by atoms with Gasteiger partial charge in [-0.2, -0.15) is 0 Å². The third-order valence-corrected chi connectivity index (χ3v) is 6.96. The monoisotopic (exact) mass is 434 g/mol. The summed E-state index contributed by atoms with van der Waals surface area (Å²) in [7, 11) is 0. The molecule has 34 heavy (non-hydrogen) atoms. The molecule has 4 aromatic carbocycles. The lowest BCUT2D eigenvalue weighted by Gasteiger charge is -2.26. The average Bonchev–Trinajstić information content (AvgIpc) is 2.92. The van der Waals surface area contributed by atoms with E-state index in [0.717, 1.165) is 5.69 Å². The SMILES string of the molecule is C1=CC2=c3c(-c4cccc5ccccc45)c4ccccc4c(-c4ccccn4)c3=CNC2C=C1. The summed E-state index contributed by atoms with van der Waals surface area (Å²) >= 11 is 0. The van der Waals surface area contributed by atoms with Crippen molar-refractivity contribution < 1.29 is 0 Å². The van der Waals surface area contributed by atoms with Crippen LogP contribution in [0.15, 0.2) is 115 Å². The largest absolute Gasteiger partial charge is 0.380 e. The summed E-state index contributed by atoms with van der Waals surface area (Å²) in [4.78, 5) is 4.77. The van der Waals surface area contributed by atoms with Gasteiger partial charge in [0.2, 0.25) is 0 Å². The quantitative estimate of drug-likeness (QED) is 0.385. The summed E-state index contributed by atoms with van der Waals surface area (Å²) in [5.74, 6) is 0. The second kappa shape index (κ2) is 7.57. The van der Waals surface area contributed by atoms with Crippen LogP contribution in [0.1, 0.15) is 0 Å². The van der Waals surface area contributed by atoms with E-state index in [0.29, 0.717) is 0 Å². The summed E-state index contributed by atoms with van der Waals surface area (Å²) < 4.78 is 0. The highest BCUT2D eigenvalue weighted by Crippen LogP contribution is 2.35. The van der Waals surface area contributed by atoms with Crippen LogP contribution in [-0.2, 0) is 0 Å². The second-order valence-corrected chi connectivity index (χ2v) is 8.81. The highest BCUT2D eigenvalue weighted by Gasteiger charge is 2.23. The van der Waals surface area contributed by atoms with Crippen molar-refractivity contribution in [2.24, 2.45) is 0 Å². The first-order valence-electron chi connectivity index (χ1n) is 11.7. The van der Waals surface area contributed by atoms with Crippen molar-refractivity contribution in [2.45, 2.75) is 6.04 Å². The molecule has 1 unspecified atom stereocenters. The fourth-order valence-corrected chi connectivity index (χ4v) is 5.51. The minimum absolute atomic E-state index is 0.156. The summed E-state index contributed by atoms with van der Waals surface area (Å²) in [6.07, 6.45) is 12.8. The highest BCUT2D eigenvalue weighted by atomic mass is 14.9. The molecule has 1 atom stereocenters. The number of allylic oxidation sites excluding steroid dienone is 2. The molecule has 0 radical (unpaired) electrons. The van der Waals surface area contributed by atoms with Crippen molar-refractivity contribution in [2.75, 3.05) is 0 Å². The summed E-state index contributed by atoms with van der Waals surface area (Å²) in [5.41, 5.74) is 6.02. The fraction of sp³-hybridized carbons (Fsp3) is 0.0312. The minimum atomic E-state index is 0.156. The Labute approximate surface area is 197 Å². The van der Waals surface area contributed by atoms with Crippen LogP contribution in [0.3, 0.4) is 0 Å². The van der Waals surface area contributed by atoms with Gasteiger partial charge in [0.05, 0.1) is 11.7 Å². The topological polar surface area (TPSA) is 24.9 Å². The lowest BCUT2D eigenvalue weighted by molar-refractivity contribution is 0.878. The van der Waals surface area contributed by atoms with E-state index < -0.39 is 0 Å². The molecule has 0 fully saturated rings. The first-order valence-corrected chi connectivity index (χ1v) is 11.7. The molecule has 7 rings (SSSR count). The Hall–Kier alpha value is -4.43. The van der Waals surface area contributed by atoms with Crippen LogP contribution in [0.25, 0.3) is 55.7 Å². The van der Waals surface area contributed by atoms with E-state index >= 15 is 0 Å². The number of hydrogen-bond donors (Lipinski definition) is 1. The molecule has 1 aliphatic heterocycles. The van der Waals surface area contributed by atoms with E-state index in [-0.39, 0.29) is 6.04 Å². The summed E-state index contributed by atoms with van der Waals surface area (Å²) in [6, 6.07) is 30.4. The van der Waals surface area contributed by atoms with Gasteiger partial charge in [-0.3, -0.25) is 4.98 Å². The normalized spacial score (nSPS) is 16.1. The van der Waals surface area contributed by atoms with Gasteiger partial charge in [-0.25, -0.2) is 0 Å². The molecule has 5 aromatic rings. The number of aromatic nitrogens is 1. The maximum atomic E-state index is 4.77.